The molecular formula is C34H31F. The van der Waals surface area contributed by atoms with Crippen molar-refractivity contribution in [2.24, 2.45) is 0 Å². The van der Waals surface area contributed by atoms with Gasteiger partial charge in [-0.25, -0.2) is 4.39 Å². The van der Waals surface area contributed by atoms with Gasteiger partial charge < -0.3 is 0 Å². The molecule has 0 aliphatic rings. The summed E-state index contributed by atoms with van der Waals surface area (Å²) in [6, 6.07) is 26.8. The number of halogens is 1. The monoisotopic (exact) mass is 458 g/mol. The minimum Gasteiger partial charge on any atom is -0.205 e. The predicted molar refractivity (Wildman–Crippen MR) is 147 cm³/mol. The largest absolute Gasteiger partial charge is 0.205 e. The zero-order valence-corrected chi connectivity index (χ0v) is 20.2. The summed E-state index contributed by atoms with van der Waals surface area (Å²) in [5.74, 6) is 5.89. The molecule has 4 aromatic carbocycles. The van der Waals surface area contributed by atoms with E-state index < -0.39 is 0 Å². The molecule has 1 heteroatoms. The van der Waals surface area contributed by atoms with Crippen molar-refractivity contribution in [2.75, 3.05) is 0 Å². The van der Waals surface area contributed by atoms with E-state index in [0.717, 1.165) is 49.5 Å². The molecule has 0 atom stereocenters. The molecule has 0 nitrogen and oxygen atoms in total. The molecule has 0 radical (unpaired) electrons. The van der Waals surface area contributed by atoms with Gasteiger partial charge in [0, 0.05) is 10.9 Å². The zero-order valence-electron chi connectivity index (χ0n) is 20.2. The van der Waals surface area contributed by atoms with Gasteiger partial charge in [0.05, 0.1) is 5.56 Å². The third kappa shape index (κ3) is 6.58. The molecule has 0 aliphatic heterocycles. The molecule has 0 fully saturated rings. The van der Waals surface area contributed by atoms with Crippen LogP contribution in [0, 0.1) is 17.7 Å². The van der Waals surface area contributed by atoms with Crippen molar-refractivity contribution in [1.29, 1.82) is 0 Å². The fourth-order valence-corrected chi connectivity index (χ4v) is 4.19. The lowest BCUT2D eigenvalue weighted by molar-refractivity contribution is 0.636. The molecule has 0 saturated heterocycles. The van der Waals surface area contributed by atoms with E-state index in [4.69, 9.17) is 0 Å². The Labute approximate surface area is 208 Å². The van der Waals surface area contributed by atoms with Gasteiger partial charge in [0.15, 0.2) is 0 Å². The first-order chi connectivity index (χ1) is 17.2. The van der Waals surface area contributed by atoms with Gasteiger partial charge in [0.2, 0.25) is 0 Å². The van der Waals surface area contributed by atoms with E-state index in [0.29, 0.717) is 10.9 Å². The normalized spacial score (nSPS) is 10.5. The maximum Gasteiger partial charge on any atom is 0.146 e. The van der Waals surface area contributed by atoms with Gasteiger partial charge in [-0.05, 0) is 84.4 Å². The maximum absolute atomic E-state index is 15.0. The van der Waals surface area contributed by atoms with Gasteiger partial charge in [0.25, 0.3) is 0 Å². The van der Waals surface area contributed by atoms with Crippen LogP contribution in [-0.2, 0) is 25.7 Å². The lowest BCUT2D eigenvalue weighted by Crippen LogP contribution is -1.92. The standard InChI is InChI=1S/C34H31F/c1-3-5-7-26-9-11-27(12-10-26)13-14-28-15-17-29(18-16-28)19-21-31-22-23-32-25-30(8-6-4-2)20-24-33(32)34(31)35/h3-4,9-12,15-18,20,22-25H,1-2,5-8,13-14H2. The Morgan fingerprint density at radius 3 is 1.77 bits per heavy atom. The lowest BCUT2D eigenvalue weighted by Gasteiger charge is -2.05. The minimum absolute atomic E-state index is 0.252. The molecule has 4 aromatic rings. The van der Waals surface area contributed by atoms with Crippen molar-refractivity contribution in [3.05, 3.63) is 143 Å². The molecule has 0 spiro atoms. The summed E-state index contributed by atoms with van der Waals surface area (Å²) >= 11 is 0. The van der Waals surface area contributed by atoms with E-state index in [1.165, 1.54) is 22.3 Å². The van der Waals surface area contributed by atoms with Gasteiger partial charge in [0.1, 0.15) is 5.82 Å². The van der Waals surface area contributed by atoms with Gasteiger partial charge >= 0.3 is 0 Å². The molecule has 0 aromatic heterocycles. The average molecular weight is 459 g/mol. The van der Waals surface area contributed by atoms with Crippen LogP contribution in [0.25, 0.3) is 10.8 Å². The Kier molecular flexibility index (Phi) is 8.31. The van der Waals surface area contributed by atoms with Gasteiger partial charge in [-0.15, -0.1) is 13.2 Å². The number of allylic oxidation sites excluding steroid dienone is 2. The van der Waals surface area contributed by atoms with Crippen LogP contribution in [0.3, 0.4) is 0 Å². The van der Waals surface area contributed by atoms with Gasteiger partial charge in [-0.3, -0.25) is 0 Å². The predicted octanol–water partition coefficient (Wildman–Crippen LogP) is 8.40. The highest BCUT2D eigenvalue weighted by Crippen LogP contribution is 2.23. The molecule has 0 bridgehead atoms. The first kappa shape index (κ1) is 24.2. The van der Waals surface area contributed by atoms with Crippen LogP contribution >= 0.6 is 0 Å². The van der Waals surface area contributed by atoms with E-state index in [9.17, 15) is 0 Å². The van der Waals surface area contributed by atoms with Crippen LogP contribution in [0.5, 0.6) is 0 Å². The van der Waals surface area contributed by atoms with Crippen LogP contribution in [0.1, 0.15) is 46.2 Å². The number of fused-ring (bicyclic) bond motifs is 1. The molecule has 0 amide bonds. The zero-order chi connectivity index (χ0) is 24.5. The Bertz CT molecular complexity index is 1360. The number of hydrogen-bond acceptors (Lipinski definition) is 0. The van der Waals surface area contributed by atoms with Gasteiger partial charge in [-0.1, -0.05) is 84.7 Å². The highest BCUT2D eigenvalue weighted by Gasteiger charge is 2.06. The van der Waals surface area contributed by atoms with Crippen LogP contribution < -0.4 is 0 Å². The Morgan fingerprint density at radius 2 is 1.14 bits per heavy atom. The number of rotatable bonds is 9. The number of aryl methyl sites for hydroxylation is 4. The van der Waals surface area contributed by atoms with Gasteiger partial charge in [-0.2, -0.15) is 0 Å². The summed E-state index contributed by atoms with van der Waals surface area (Å²) in [7, 11) is 0. The lowest BCUT2D eigenvalue weighted by atomic mass is 10.0. The van der Waals surface area contributed by atoms with E-state index in [1.54, 1.807) is 6.07 Å². The molecule has 0 aliphatic carbocycles. The first-order valence-corrected chi connectivity index (χ1v) is 12.3. The SMILES string of the molecule is C=CCCc1ccc(CCc2ccc(C#Cc3ccc4cc(CCC=C)ccc4c3F)cc2)cc1. The highest BCUT2D eigenvalue weighted by molar-refractivity contribution is 5.85. The Morgan fingerprint density at radius 1 is 0.600 bits per heavy atom. The van der Waals surface area contributed by atoms with E-state index >= 15 is 4.39 Å². The summed E-state index contributed by atoms with van der Waals surface area (Å²) in [6.07, 6.45) is 9.74. The summed E-state index contributed by atoms with van der Waals surface area (Å²) in [4.78, 5) is 0. The molecule has 0 N–H and O–H groups in total. The van der Waals surface area contributed by atoms with Crippen molar-refractivity contribution in [1.82, 2.24) is 0 Å². The minimum atomic E-state index is -0.252. The molecule has 4 rings (SSSR count). The third-order valence-electron chi connectivity index (χ3n) is 6.31. The third-order valence-corrected chi connectivity index (χ3v) is 6.31. The number of benzene rings is 4. The molecule has 174 valence electrons. The summed E-state index contributed by atoms with van der Waals surface area (Å²) in [5, 5.41) is 1.52. The highest BCUT2D eigenvalue weighted by atomic mass is 19.1. The fourth-order valence-electron chi connectivity index (χ4n) is 4.19. The number of hydrogen-bond donors (Lipinski definition) is 0. The van der Waals surface area contributed by atoms with Crippen molar-refractivity contribution in [3.8, 4) is 11.8 Å². The second-order valence-electron chi connectivity index (χ2n) is 8.90. The average Bonchev–Trinajstić information content (AvgIpc) is 2.90. The van der Waals surface area contributed by atoms with Crippen LogP contribution in [0.15, 0.2) is 104 Å². The smallest absolute Gasteiger partial charge is 0.146 e. The Balaban J connectivity index is 1.39. The van der Waals surface area contributed by atoms with Crippen molar-refractivity contribution in [3.63, 3.8) is 0 Å². The van der Waals surface area contributed by atoms with Crippen molar-refractivity contribution < 1.29 is 4.39 Å². The topological polar surface area (TPSA) is 0 Å². The van der Waals surface area contributed by atoms with E-state index in [-0.39, 0.29) is 5.82 Å². The second kappa shape index (κ2) is 12.0. The summed E-state index contributed by atoms with van der Waals surface area (Å²) < 4.78 is 15.0. The molecule has 0 heterocycles. The summed E-state index contributed by atoms with van der Waals surface area (Å²) in [5.41, 5.74) is 6.48. The van der Waals surface area contributed by atoms with E-state index in [1.807, 2.05) is 42.5 Å². The molecule has 35 heavy (non-hydrogen) atoms. The summed E-state index contributed by atoms with van der Waals surface area (Å²) in [6.45, 7) is 7.55. The van der Waals surface area contributed by atoms with Crippen LogP contribution in [-0.4, -0.2) is 0 Å². The fraction of sp³-hybridized carbons (Fsp3) is 0.176. The van der Waals surface area contributed by atoms with Crippen molar-refractivity contribution >= 4 is 10.8 Å². The quantitative estimate of drug-likeness (QED) is 0.174. The first-order valence-electron chi connectivity index (χ1n) is 12.3. The van der Waals surface area contributed by atoms with Crippen molar-refractivity contribution in [2.45, 2.75) is 38.5 Å². The van der Waals surface area contributed by atoms with E-state index in [2.05, 4.69) is 67.5 Å². The van der Waals surface area contributed by atoms with Crippen LogP contribution in [0.2, 0.25) is 0 Å². The second-order valence-corrected chi connectivity index (χ2v) is 8.90. The van der Waals surface area contributed by atoms with Crippen LogP contribution in [0.4, 0.5) is 4.39 Å². The molecule has 0 saturated carbocycles. The molecule has 0 unspecified atom stereocenters. The molecular weight excluding hydrogens is 427 g/mol. The maximum atomic E-state index is 15.0. The Hall–Kier alpha value is -3.89.